The van der Waals surface area contributed by atoms with Crippen molar-refractivity contribution in [3.05, 3.63) is 84.2 Å². The van der Waals surface area contributed by atoms with E-state index in [1.54, 1.807) is 30.3 Å². The van der Waals surface area contributed by atoms with Gasteiger partial charge in [0.25, 0.3) is 15.9 Å². The zero-order valence-corrected chi connectivity index (χ0v) is 19.5. The van der Waals surface area contributed by atoms with Gasteiger partial charge in [-0.1, -0.05) is 18.2 Å². The first-order chi connectivity index (χ1) is 16.1. The van der Waals surface area contributed by atoms with Crippen molar-refractivity contribution >= 4 is 33.3 Å². The molecule has 1 unspecified atom stereocenters. The number of nitrogens with one attached hydrogen (secondary N) is 1. The number of sulfonamides is 1. The van der Waals surface area contributed by atoms with Crippen molar-refractivity contribution in [2.75, 3.05) is 23.8 Å². The Morgan fingerprint density at radius 3 is 2.32 bits per heavy atom. The van der Waals surface area contributed by atoms with Crippen LogP contribution in [0.15, 0.2) is 77.7 Å². The van der Waals surface area contributed by atoms with Crippen LogP contribution < -0.4 is 14.4 Å². The van der Waals surface area contributed by atoms with Crippen LogP contribution in [0.2, 0.25) is 0 Å². The van der Waals surface area contributed by atoms with E-state index in [1.807, 2.05) is 0 Å². The Bertz CT molecular complexity index is 1290. The quantitative estimate of drug-likeness (QED) is 0.486. The van der Waals surface area contributed by atoms with Crippen LogP contribution in [-0.2, 0) is 19.6 Å². The van der Waals surface area contributed by atoms with E-state index in [0.29, 0.717) is 11.4 Å². The molecule has 178 valence electrons. The van der Waals surface area contributed by atoms with Crippen molar-refractivity contribution in [2.45, 2.75) is 17.9 Å². The highest BCUT2D eigenvalue weighted by Gasteiger charge is 2.24. The van der Waals surface area contributed by atoms with E-state index in [1.165, 1.54) is 63.5 Å². The lowest BCUT2D eigenvalue weighted by atomic mass is 10.2. The van der Waals surface area contributed by atoms with Crippen LogP contribution in [0.5, 0.6) is 5.75 Å². The molecule has 0 aliphatic heterocycles. The number of ether oxygens (including phenoxy) is 2. The molecule has 0 heterocycles. The summed E-state index contributed by atoms with van der Waals surface area (Å²) in [5.74, 6) is -1.69. The molecule has 1 amide bonds. The molecule has 3 rings (SSSR count). The summed E-state index contributed by atoms with van der Waals surface area (Å²) >= 11 is 0. The normalized spacial score (nSPS) is 11.9. The standard InChI is InChI=1S/C24H23FN2O6S/c1-16(23(28)26-22-10-5-4-9-21(22)25)33-24(29)17-7-6-8-20(15-17)34(30,31)27(2)18-11-13-19(32-3)14-12-18/h4-16H,1-3H3,(H,26,28). The minimum absolute atomic E-state index is 0.0509. The molecular weight excluding hydrogens is 463 g/mol. The summed E-state index contributed by atoms with van der Waals surface area (Å²) in [7, 11) is -1.10. The molecular formula is C24H23FN2O6S. The van der Waals surface area contributed by atoms with E-state index in [2.05, 4.69) is 5.32 Å². The summed E-state index contributed by atoms with van der Waals surface area (Å²) in [4.78, 5) is 24.7. The van der Waals surface area contributed by atoms with Gasteiger partial charge in [0.1, 0.15) is 11.6 Å². The predicted molar refractivity (Wildman–Crippen MR) is 125 cm³/mol. The molecule has 8 nitrogen and oxygen atoms in total. The van der Waals surface area contributed by atoms with Crippen LogP contribution in [0.3, 0.4) is 0 Å². The van der Waals surface area contributed by atoms with Crippen molar-refractivity contribution in [3.8, 4) is 5.75 Å². The fourth-order valence-corrected chi connectivity index (χ4v) is 4.19. The van der Waals surface area contributed by atoms with Gasteiger partial charge in [0.2, 0.25) is 0 Å². The number of nitrogens with zero attached hydrogens (tertiary/aromatic N) is 1. The smallest absolute Gasteiger partial charge is 0.338 e. The van der Waals surface area contributed by atoms with E-state index < -0.39 is 33.8 Å². The number of benzene rings is 3. The van der Waals surface area contributed by atoms with Crippen molar-refractivity contribution < 1.29 is 31.9 Å². The number of para-hydroxylation sites is 1. The average Bonchev–Trinajstić information content (AvgIpc) is 2.85. The van der Waals surface area contributed by atoms with Crippen LogP contribution in [0, 0.1) is 5.82 Å². The molecule has 10 heteroatoms. The second-order valence-electron chi connectivity index (χ2n) is 7.22. The second-order valence-corrected chi connectivity index (χ2v) is 9.18. The Kier molecular flexibility index (Phi) is 7.52. The van der Waals surface area contributed by atoms with Crippen molar-refractivity contribution in [3.63, 3.8) is 0 Å². The first-order valence-electron chi connectivity index (χ1n) is 10.1. The summed E-state index contributed by atoms with van der Waals surface area (Å²) in [5.41, 5.74) is 0.284. The Morgan fingerprint density at radius 2 is 1.68 bits per heavy atom. The molecule has 0 saturated carbocycles. The number of amides is 1. The van der Waals surface area contributed by atoms with Crippen molar-refractivity contribution in [2.24, 2.45) is 0 Å². The number of halogens is 1. The summed E-state index contributed by atoms with van der Waals surface area (Å²) in [6.45, 7) is 1.33. The zero-order chi connectivity index (χ0) is 24.9. The number of carbonyl (C=O) groups excluding carboxylic acids is 2. The number of carbonyl (C=O) groups is 2. The van der Waals surface area contributed by atoms with Gasteiger partial charge in [-0.25, -0.2) is 17.6 Å². The number of hydrogen-bond donors (Lipinski definition) is 1. The van der Waals surface area contributed by atoms with Gasteiger partial charge in [0.05, 0.1) is 28.9 Å². The maximum Gasteiger partial charge on any atom is 0.338 e. The monoisotopic (exact) mass is 486 g/mol. The van der Waals surface area contributed by atoms with Crippen LogP contribution in [0.1, 0.15) is 17.3 Å². The SMILES string of the molecule is COc1ccc(N(C)S(=O)(=O)c2cccc(C(=O)OC(C)C(=O)Nc3ccccc3F)c2)cc1. The van der Waals surface area contributed by atoms with Gasteiger partial charge < -0.3 is 14.8 Å². The highest BCUT2D eigenvalue weighted by molar-refractivity contribution is 7.92. The van der Waals surface area contributed by atoms with E-state index in [4.69, 9.17) is 9.47 Å². The van der Waals surface area contributed by atoms with Crippen LogP contribution in [0.25, 0.3) is 0 Å². The minimum Gasteiger partial charge on any atom is -0.497 e. The molecule has 0 aliphatic carbocycles. The molecule has 0 aromatic heterocycles. The maximum atomic E-state index is 13.7. The molecule has 0 radical (unpaired) electrons. The molecule has 0 aliphatic rings. The first-order valence-corrected chi connectivity index (χ1v) is 11.6. The molecule has 0 bridgehead atoms. The molecule has 0 spiro atoms. The molecule has 34 heavy (non-hydrogen) atoms. The van der Waals surface area contributed by atoms with Gasteiger partial charge in [-0.15, -0.1) is 0 Å². The Balaban J connectivity index is 1.73. The molecule has 1 atom stereocenters. The lowest BCUT2D eigenvalue weighted by molar-refractivity contribution is -0.123. The molecule has 3 aromatic carbocycles. The van der Waals surface area contributed by atoms with Gasteiger partial charge in [-0.05, 0) is 61.5 Å². The molecule has 0 saturated heterocycles. The Labute approximate surface area is 197 Å². The fourth-order valence-electron chi connectivity index (χ4n) is 2.95. The summed E-state index contributed by atoms with van der Waals surface area (Å²) in [6.07, 6.45) is -1.26. The number of hydrogen-bond acceptors (Lipinski definition) is 6. The Morgan fingerprint density at radius 1 is 1.00 bits per heavy atom. The van der Waals surface area contributed by atoms with Crippen molar-refractivity contribution in [1.29, 1.82) is 0 Å². The van der Waals surface area contributed by atoms with Gasteiger partial charge in [0.15, 0.2) is 6.10 Å². The number of rotatable bonds is 8. The maximum absolute atomic E-state index is 13.7. The fraction of sp³-hybridized carbons (Fsp3) is 0.167. The number of anilines is 2. The Hall–Kier alpha value is -3.92. The molecule has 1 N–H and O–H groups in total. The second kappa shape index (κ2) is 10.3. The largest absolute Gasteiger partial charge is 0.497 e. The number of methoxy groups -OCH3 is 1. The van der Waals surface area contributed by atoms with E-state index in [9.17, 15) is 22.4 Å². The summed E-state index contributed by atoms with van der Waals surface area (Å²) in [6, 6.07) is 17.3. The minimum atomic E-state index is -3.99. The topological polar surface area (TPSA) is 102 Å². The highest BCUT2D eigenvalue weighted by atomic mass is 32.2. The first kappa shape index (κ1) is 24.7. The van der Waals surface area contributed by atoms with Gasteiger partial charge in [0, 0.05) is 7.05 Å². The summed E-state index contributed by atoms with van der Waals surface area (Å²) in [5, 5.41) is 2.34. The lowest BCUT2D eigenvalue weighted by Gasteiger charge is -2.20. The lowest BCUT2D eigenvalue weighted by Crippen LogP contribution is -2.30. The summed E-state index contributed by atoms with van der Waals surface area (Å²) < 4.78 is 51.2. The molecule has 3 aromatic rings. The van der Waals surface area contributed by atoms with Crippen LogP contribution >= 0.6 is 0 Å². The zero-order valence-electron chi connectivity index (χ0n) is 18.7. The average molecular weight is 487 g/mol. The van der Waals surface area contributed by atoms with Crippen LogP contribution in [0.4, 0.5) is 15.8 Å². The van der Waals surface area contributed by atoms with Crippen molar-refractivity contribution in [1.82, 2.24) is 0 Å². The predicted octanol–water partition coefficient (Wildman–Crippen LogP) is 3.84. The molecule has 0 fully saturated rings. The van der Waals surface area contributed by atoms with Gasteiger partial charge in [-0.2, -0.15) is 0 Å². The third kappa shape index (κ3) is 5.52. The third-order valence-corrected chi connectivity index (χ3v) is 6.73. The van der Waals surface area contributed by atoms with E-state index >= 15 is 0 Å². The van der Waals surface area contributed by atoms with Gasteiger partial charge >= 0.3 is 5.97 Å². The third-order valence-electron chi connectivity index (χ3n) is 4.95. The van der Waals surface area contributed by atoms with Gasteiger partial charge in [-0.3, -0.25) is 9.10 Å². The number of esters is 1. The van der Waals surface area contributed by atoms with E-state index in [0.717, 1.165) is 4.31 Å². The van der Waals surface area contributed by atoms with E-state index in [-0.39, 0.29) is 16.1 Å². The van der Waals surface area contributed by atoms with Crippen LogP contribution in [-0.4, -0.2) is 40.6 Å². The highest BCUT2D eigenvalue weighted by Crippen LogP contribution is 2.25.